The van der Waals surface area contributed by atoms with E-state index < -0.39 is 5.60 Å². The number of amides is 1. The molecule has 1 saturated heterocycles. The van der Waals surface area contributed by atoms with Gasteiger partial charge in [0.15, 0.2) is 0 Å². The van der Waals surface area contributed by atoms with Crippen LogP contribution in [0.1, 0.15) is 45.4 Å². The van der Waals surface area contributed by atoms with Crippen molar-refractivity contribution < 1.29 is 9.53 Å². The number of benzene rings is 1. The molecule has 1 N–H and O–H groups in total. The smallest absolute Gasteiger partial charge is 0.410 e. The summed E-state index contributed by atoms with van der Waals surface area (Å²) >= 11 is 0. The number of hydrogen-bond acceptors (Lipinski definition) is 3. The van der Waals surface area contributed by atoms with E-state index in [9.17, 15) is 4.79 Å². The Bertz CT molecular complexity index is 680. The van der Waals surface area contributed by atoms with Gasteiger partial charge in [-0.05, 0) is 39.2 Å². The highest BCUT2D eigenvalue weighted by Crippen LogP contribution is 2.28. The van der Waals surface area contributed by atoms with Gasteiger partial charge in [0.1, 0.15) is 11.4 Å². The van der Waals surface area contributed by atoms with Gasteiger partial charge in [0, 0.05) is 19.0 Å². The number of carbonyl (C=O) groups is 1. The van der Waals surface area contributed by atoms with Crippen molar-refractivity contribution in [3.63, 3.8) is 0 Å². The van der Waals surface area contributed by atoms with Crippen LogP contribution in [0.4, 0.5) is 4.79 Å². The largest absolute Gasteiger partial charge is 0.444 e. The SMILES string of the molecule is CC(C)(C)OC(=O)N1CCC(c2ncc(-c3ccccc3)[nH]2)CC1. The molecular weight excluding hydrogens is 302 g/mol. The minimum absolute atomic E-state index is 0.217. The predicted octanol–water partition coefficient (Wildman–Crippen LogP) is 4.19. The minimum atomic E-state index is -0.445. The van der Waals surface area contributed by atoms with Crippen LogP contribution in [-0.2, 0) is 4.74 Å². The number of nitrogens with zero attached hydrogens (tertiary/aromatic N) is 2. The zero-order chi connectivity index (χ0) is 17.2. The van der Waals surface area contributed by atoms with Gasteiger partial charge in [-0.25, -0.2) is 9.78 Å². The summed E-state index contributed by atoms with van der Waals surface area (Å²) < 4.78 is 5.44. The van der Waals surface area contributed by atoms with Gasteiger partial charge in [-0.15, -0.1) is 0 Å². The van der Waals surface area contributed by atoms with E-state index in [1.807, 2.05) is 45.2 Å². The Morgan fingerprint density at radius 3 is 2.50 bits per heavy atom. The summed E-state index contributed by atoms with van der Waals surface area (Å²) in [6.45, 7) is 7.10. The summed E-state index contributed by atoms with van der Waals surface area (Å²) in [5, 5.41) is 0. The van der Waals surface area contributed by atoms with E-state index in [4.69, 9.17) is 4.74 Å². The summed E-state index contributed by atoms with van der Waals surface area (Å²) in [6.07, 6.45) is 3.48. The lowest BCUT2D eigenvalue weighted by molar-refractivity contribution is 0.0203. The van der Waals surface area contributed by atoms with Crippen LogP contribution in [0.3, 0.4) is 0 Å². The van der Waals surface area contributed by atoms with Crippen molar-refractivity contribution in [2.75, 3.05) is 13.1 Å². The molecule has 0 aliphatic carbocycles. The van der Waals surface area contributed by atoms with Crippen molar-refractivity contribution in [3.8, 4) is 11.3 Å². The average molecular weight is 327 g/mol. The van der Waals surface area contributed by atoms with Gasteiger partial charge in [0.05, 0.1) is 11.9 Å². The summed E-state index contributed by atoms with van der Waals surface area (Å²) in [4.78, 5) is 21.9. The topological polar surface area (TPSA) is 58.2 Å². The third kappa shape index (κ3) is 3.96. The zero-order valence-corrected chi connectivity index (χ0v) is 14.6. The highest BCUT2D eigenvalue weighted by atomic mass is 16.6. The quantitative estimate of drug-likeness (QED) is 0.899. The second-order valence-electron chi connectivity index (χ2n) is 7.29. The maximum absolute atomic E-state index is 12.1. The van der Waals surface area contributed by atoms with Crippen LogP contribution >= 0.6 is 0 Å². The molecule has 1 amide bonds. The number of carbonyl (C=O) groups excluding carboxylic acids is 1. The number of hydrogen-bond donors (Lipinski definition) is 1. The molecule has 0 atom stereocenters. The third-order valence-corrected chi connectivity index (χ3v) is 4.21. The molecule has 1 aliphatic rings. The molecule has 24 heavy (non-hydrogen) atoms. The highest BCUT2D eigenvalue weighted by Gasteiger charge is 2.28. The minimum Gasteiger partial charge on any atom is -0.444 e. The first-order chi connectivity index (χ1) is 11.4. The number of nitrogens with one attached hydrogen (secondary N) is 1. The summed E-state index contributed by atoms with van der Waals surface area (Å²) in [6, 6.07) is 10.2. The highest BCUT2D eigenvalue weighted by molar-refractivity contribution is 5.68. The molecule has 2 aromatic rings. The van der Waals surface area contributed by atoms with Crippen molar-refractivity contribution in [1.29, 1.82) is 0 Å². The molecule has 1 aromatic heterocycles. The molecule has 2 heterocycles. The molecule has 0 unspecified atom stereocenters. The predicted molar refractivity (Wildman–Crippen MR) is 93.8 cm³/mol. The normalized spacial score (nSPS) is 16.2. The van der Waals surface area contributed by atoms with Gasteiger partial charge in [0.2, 0.25) is 0 Å². The van der Waals surface area contributed by atoms with Crippen LogP contribution in [0.25, 0.3) is 11.3 Å². The van der Waals surface area contributed by atoms with E-state index in [-0.39, 0.29) is 6.09 Å². The number of aromatic nitrogens is 2. The van der Waals surface area contributed by atoms with Gasteiger partial charge in [-0.3, -0.25) is 0 Å². The number of ether oxygens (including phenoxy) is 1. The summed E-state index contributed by atoms with van der Waals surface area (Å²) in [5.41, 5.74) is 1.74. The van der Waals surface area contributed by atoms with Crippen LogP contribution in [0, 0.1) is 0 Å². The first kappa shape index (κ1) is 16.6. The molecule has 128 valence electrons. The molecule has 0 spiro atoms. The summed E-state index contributed by atoms with van der Waals surface area (Å²) in [5.74, 6) is 1.37. The Morgan fingerprint density at radius 1 is 1.21 bits per heavy atom. The lowest BCUT2D eigenvalue weighted by Gasteiger charge is -2.32. The number of H-pyrrole nitrogens is 1. The van der Waals surface area contributed by atoms with Crippen LogP contribution < -0.4 is 0 Å². The second kappa shape index (κ2) is 6.67. The molecule has 1 fully saturated rings. The lowest BCUT2D eigenvalue weighted by Crippen LogP contribution is -2.41. The Balaban J connectivity index is 1.59. The first-order valence-corrected chi connectivity index (χ1v) is 8.50. The third-order valence-electron chi connectivity index (χ3n) is 4.21. The Labute approximate surface area is 143 Å². The van der Waals surface area contributed by atoms with Gasteiger partial charge >= 0.3 is 6.09 Å². The van der Waals surface area contributed by atoms with Crippen molar-refractivity contribution >= 4 is 6.09 Å². The fraction of sp³-hybridized carbons (Fsp3) is 0.474. The Morgan fingerprint density at radius 2 is 1.88 bits per heavy atom. The van der Waals surface area contributed by atoms with E-state index in [0.717, 1.165) is 29.9 Å². The molecule has 1 aromatic carbocycles. The molecule has 5 heteroatoms. The van der Waals surface area contributed by atoms with Crippen molar-refractivity contribution in [1.82, 2.24) is 14.9 Å². The van der Waals surface area contributed by atoms with Crippen LogP contribution in [0.15, 0.2) is 36.5 Å². The van der Waals surface area contributed by atoms with Gasteiger partial charge in [0.25, 0.3) is 0 Å². The maximum atomic E-state index is 12.1. The van der Waals surface area contributed by atoms with E-state index in [1.165, 1.54) is 0 Å². The van der Waals surface area contributed by atoms with Crippen LogP contribution in [0.5, 0.6) is 0 Å². The van der Waals surface area contributed by atoms with E-state index in [2.05, 4.69) is 22.1 Å². The standard InChI is InChI=1S/C19H25N3O2/c1-19(2,3)24-18(23)22-11-9-15(10-12-22)17-20-13-16(21-17)14-7-5-4-6-8-14/h4-8,13,15H,9-12H2,1-3H3,(H,20,21). The number of aromatic amines is 1. The van der Waals surface area contributed by atoms with Gasteiger partial charge in [-0.2, -0.15) is 0 Å². The van der Waals surface area contributed by atoms with Crippen LogP contribution in [0.2, 0.25) is 0 Å². The molecule has 0 bridgehead atoms. The van der Waals surface area contributed by atoms with E-state index in [1.54, 1.807) is 4.90 Å². The van der Waals surface area contributed by atoms with Crippen molar-refractivity contribution in [2.24, 2.45) is 0 Å². The van der Waals surface area contributed by atoms with Gasteiger partial charge < -0.3 is 14.6 Å². The Hall–Kier alpha value is -2.30. The monoisotopic (exact) mass is 327 g/mol. The summed E-state index contributed by atoms with van der Waals surface area (Å²) in [7, 11) is 0. The molecule has 3 rings (SSSR count). The van der Waals surface area contributed by atoms with Crippen molar-refractivity contribution in [2.45, 2.75) is 45.1 Å². The maximum Gasteiger partial charge on any atom is 0.410 e. The van der Waals surface area contributed by atoms with Gasteiger partial charge in [-0.1, -0.05) is 30.3 Å². The van der Waals surface area contributed by atoms with Crippen molar-refractivity contribution in [3.05, 3.63) is 42.4 Å². The molecule has 0 radical (unpaired) electrons. The van der Waals surface area contributed by atoms with E-state index >= 15 is 0 Å². The molecular formula is C19H25N3O2. The number of likely N-dealkylation sites (tertiary alicyclic amines) is 1. The number of rotatable bonds is 2. The molecule has 5 nitrogen and oxygen atoms in total. The number of piperidine rings is 1. The van der Waals surface area contributed by atoms with E-state index in [0.29, 0.717) is 19.0 Å². The fourth-order valence-electron chi connectivity index (χ4n) is 2.97. The second-order valence-corrected chi connectivity index (χ2v) is 7.29. The average Bonchev–Trinajstić information content (AvgIpc) is 3.04. The zero-order valence-electron chi connectivity index (χ0n) is 14.6. The van der Waals surface area contributed by atoms with Crippen LogP contribution in [-0.4, -0.2) is 39.7 Å². The number of imidazole rings is 1. The first-order valence-electron chi connectivity index (χ1n) is 8.50. The molecule has 0 saturated carbocycles. The lowest BCUT2D eigenvalue weighted by atomic mass is 9.96. The fourth-order valence-corrected chi connectivity index (χ4v) is 2.97. The molecule has 1 aliphatic heterocycles. The Kier molecular flexibility index (Phi) is 4.60.